The Labute approximate surface area is 171 Å². The zero-order chi connectivity index (χ0) is 20.5. The van der Waals surface area contributed by atoms with Crippen molar-refractivity contribution in [3.8, 4) is 5.75 Å². The van der Waals surface area contributed by atoms with Gasteiger partial charge in [0.2, 0.25) is 0 Å². The summed E-state index contributed by atoms with van der Waals surface area (Å²) in [4.78, 5) is 12.3. The Morgan fingerprint density at radius 1 is 0.931 bits per heavy atom. The predicted molar refractivity (Wildman–Crippen MR) is 112 cm³/mol. The van der Waals surface area contributed by atoms with Gasteiger partial charge in [-0.2, -0.15) is 0 Å². The van der Waals surface area contributed by atoms with E-state index in [2.05, 4.69) is 10.8 Å². The maximum atomic E-state index is 12.4. The van der Waals surface area contributed by atoms with Crippen molar-refractivity contribution in [3.05, 3.63) is 90.5 Å². The van der Waals surface area contributed by atoms with Gasteiger partial charge < -0.3 is 4.74 Å². The zero-order valence-electron chi connectivity index (χ0n) is 15.9. The van der Waals surface area contributed by atoms with Crippen molar-refractivity contribution in [1.29, 1.82) is 0 Å². The summed E-state index contributed by atoms with van der Waals surface area (Å²) in [5.74, 6) is 0.718. The van der Waals surface area contributed by atoms with Crippen LogP contribution < -0.4 is 9.46 Å². The molecule has 0 aliphatic carbocycles. The van der Waals surface area contributed by atoms with Crippen LogP contribution in [-0.4, -0.2) is 20.8 Å². The van der Waals surface area contributed by atoms with Crippen LogP contribution in [0, 0.1) is 6.07 Å². The Bertz CT molecular complexity index is 1030. The standard InChI is InChI=1S/C23H22NO4S/c25-21(16-17-28-22-10-3-1-4-11-22)15-14-19-8-7-9-20(18-19)24-29(26,27)23-12-5-2-6-13-23/h1-10,12-13,18,24H,14-17H2. The lowest BCUT2D eigenvalue weighted by Crippen LogP contribution is -2.13. The molecule has 0 saturated carbocycles. The van der Waals surface area contributed by atoms with Crippen molar-refractivity contribution < 1.29 is 17.9 Å². The minimum absolute atomic E-state index is 0.0937. The SMILES string of the molecule is O=C(CCOc1[c]cccc1)CCc1cccc(NS(=O)(=O)c2ccccc2)c1. The number of aryl methyl sites for hydroxylation is 1. The molecule has 1 N–H and O–H groups in total. The molecule has 149 valence electrons. The van der Waals surface area contributed by atoms with E-state index >= 15 is 0 Å². The van der Waals surface area contributed by atoms with Gasteiger partial charge in [0.25, 0.3) is 10.0 Å². The van der Waals surface area contributed by atoms with Gasteiger partial charge in [-0.05, 0) is 42.3 Å². The molecule has 0 amide bonds. The number of anilines is 1. The Hall–Kier alpha value is -3.12. The lowest BCUT2D eigenvalue weighted by molar-refractivity contribution is -0.119. The Balaban J connectivity index is 1.50. The van der Waals surface area contributed by atoms with Crippen molar-refractivity contribution in [3.63, 3.8) is 0 Å². The van der Waals surface area contributed by atoms with Crippen molar-refractivity contribution in [2.24, 2.45) is 0 Å². The number of hydrogen-bond acceptors (Lipinski definition) is 4. The highest BCUT2D eigenvalue weighted by atomic mass is 32.2. The van der Waals surface area contributed by atoms with Crippen LogP contribution in [0.4, 0.5) is 5.69 Å². The van der Waals surface area contributed by atoms with Gasteiger partial charge in [0, 0.05) is 24.6 Å². The quantitative estimate of drug-likeness (QED) is 0.544. The normalized spacial score (nSPS) is 11.0. The summed E-state index contributed by atoms with van der Waals surface area (Å²) in [6.07, 6.45) is 1.23. The number of benzene rings is 3. The van der Waals surface area contributed by atoms with Gasteiger partial charge in [-0.15, -0.1) is 0 Å². The Morgan fingerprint density at radius 2 is 1.72 bits per heavy atom. The molecule has 0 bridgehead atoms. The Kier molecular flexibility index (Phi) is 7.03. The van der Waals surface area contributed by atoms with E-state index < -0.39 is 10.0 Å². The average molecular weight is 408 g/mol. The van der Waals surface area contributed by atoms with Crippen LogP contribution in [0.1, 0.15) is 18.4 Å². The highest BCUT2D eigenvalue weighted by Crippen LogP contribution is 2.18. The number of ketones is 1. The van der Waals surface area contributed by atoms with Gasteiger partial charge in [0.15, 0.2) is 0 Å². The molecule has 5 nitrogen and oxygen atoms in total. The van der Waals surface area contributed by atoms with E-state index in [9.17, 15) is 13.2 Å². The second-order valence-corrected chi connectivity index (χ2v) is 8.17. The number of para-hydroxylation sites is 1. The third-order valence-electron chi connectivity index (χ3n) is 4.24. The summed E-state index contributed by atoms with van der Waals surface area (Å²) in [6, 6.07) is 25.5. The number of Topliss-reactive ketones (excluding diaryl/α,β-unsaturated/α-hetero) is 1. The minimum Gasteiger partial charge on any atom is -0.492 e. The number of carbonyl (C=O) groups is 1. The zero-order valence-corrected chi connectivity index (χ0v) is 16.7. The van der Waals surface area contributed by atoms with Crippen LogP contribution in [0.5, 0.6) is 5.75 Å². The van der Waals surface area contributed by atoms with E-state index in [-0.39, 0.29) is 10.7 Å². The van der Waals surface area contributed by atoms with Gasteiger partial charge in [-0.25, -0.2) is 8.42 Å². The molecule has 0 aromatic heterocycles. The second-order valence-electron chi connectivity index (χ2n) is 6.48. The highest BCUT2D eigenvalue weighted by molar-refractivity contribution is 7.92. The van der Waals surface area contributed by atoms with Gasteiger partial charge in [-0.1, -0.05) is 48.5 Å². The Morgan fingerprint density at radius 3 is 2.48 bits per heavy atom. The molecule has 0 aliphatic heterocycles. The molecule has 29 heavy (non-hydrogen) atoms. The number of rotatable bonds is 10. The van der Waals surface area contributed by atoms with Crippen molar-refractivity contribution in [2.45, 2.75) is 24.2 Å². The molecule has 3 rings (SSSR count). The van der Waals surface area contributed by atoms with Crippen LogP contribution in [0.3, 0.4) is 0 Å². The molecular formula is C23H22NO4S. The van der Waals surface area contributed by atoms with E-state index in [1.807, 2.05) is 18.2 Å². The fourth-order valence-electron chi connectivity index (χ4n) is 2.75. The van der Waals surface area contributed by atoms with E-state index in [0.29, 0.717) is 37.3 Å². The molecule has 0 heterocycles. The van der Waals surface area contributed by atoms with Gasteiger partial charge in [0.05, 0.1) is 11.5 Å². The first-order valence-electron chi connectivity index (χ1n) is 9.31. The van der Waals surface area contributed by atoms with Crippen LogP contribution in [0.25, 0.3) is 0 Å². The maximum Gasteiger partial charge on any atom is 0.261 e. The van der Waals surface area contributed by atoms with E-state index in [1.54, 1.807) is 60.7 Å². The monoisotopic (exact) mass is 408 g/mol. The summed E-state index contributed by atoms with van der Waals surface area (Å²) < 4.78 is 32.9. The number of ether oxygens (including phenoxy) is 1. The molecule has 0 atom stereocenters. The van der Waals surface area contributed by atoms with Gasteiger partial charge in [-0.3, -0.25) is 9.52 Å². The summed E-state index contributed by atoms with van der Waals surface area (Å²) in [6.45, 7) is 0.316. The average Bonchev–Trinajstić information content (AvgIpc) is 2.74. The minimum atomic E-state index is -3.64. The maximum absolute atomic E-state index is 12.4. The third-order valence-corrected chi connectivity index (χ3v) is 5.64. The van der Waals surface area contributed by atoms with Crippen molar-refractivity contribution in [2.75, 3.05) is 11.3 Å². The van der Waals surface area contributed by atoms with Crippen LogP contribution in [-0.2, 0) is 21.2 Å². The second kappa shape index (κ2) is 9.89. The summed E-state index contributed by atoms with van der Waals surface area (Å²) in [7, 11) is -3.64. The van der Waals surface area contributed by atoms with Crippen molar-refractivity contribution in [1.82, 2.24) is 0 Å². The largest absolute Gasteiger partial charge is 0.492 e. The lowest BCUT2D eigenvalue weighted by atomic mass is 10.1. The highest BCUT2D eigenvalue weighted by Gasteiger charge is 2.13. The molecule has 0 spiro atoms. The summed E-state index contributed by atoms with van der Waals surface area (Å²) in [5.41, 5.74) is 1.37. The fourth-order valence-corrected chi connectivity index (χ4v) is 3.82. The number of hydrogen-bond donors (Lipinski definition) is 1. The molecule has 0 saturated heterocycles. The van der Waals surface area contributed by atoms with Gasteiger partial charge in [0.1, 0.15) is 11.5 Å². The van der Waals surface area contributed by atoms with Crippen LogP contribution in [0.15, 0.2) is 83.8 Å². The molecule has 3 aromatic carbocycles. The fraction of sp³-hybridized carbons (Fsp3) is 0.174. The molecular weight excluding hydrogens is 386 g/mol. The number of sulfonamides is 1. The molecule has 3 aromatic rings. The summed E-state index contributed by atoms with van der Waals surface area (Å²) >= 11 is 0. The topological polar surface area (TPSA) is 72.5 Å². The molecule has 0 unspecified atom stereocenters. The smallest absolute Gasteiger partial charge is 0.261 e. The van der Waals surface area contributed by atoms with E-state index in [1.165, 1.54) is 0 Å². The number of nitrogens with one attached hydrogen (secondary N) is 1. The predicted octanol–water partition coefficient (Wildman–Crippen LogP) is 4.26. The molecule has 0 aliphatic rings. The first-order chi connectivity index (χ1) is 14.0. The van der Waals surface area contributed by atoms with E-state index in [4.69, 9.17) is 4.74 Å². The molecule has 0 fully saturated rings. The van der Waals surface area contributed by atoms with Crippen molar-refractivity contribution >= 4 is 21.5 Å². The molecule has 1 radical (unpaired) electrons. The van der Waals surface area contributed by atoms with E-state index in [0.717, 1.165) is 5.56 Å². The summed E-state index contributed by atoms with van der Waals surface area (Å²) in [5, 5.41) is 0. The van der Waals surface area contributed by atoms with Crippen LogP contribution in [0.2, 0.25) is 0 Å². The van der Waals surface area contributed by atoms with Gasteiger partial charge >= 0.3 is 0 Å². The first kappa shape index (κ1) is 20.6. The lowest BCUT2D eigenvalue weighted by Gasteiger charge is -2.10. The third kappa shape index (κ3) is 6.47. The molecule has 6 heteroatoms. The van der Waals surface area contributed by atoms with Crippen LogP contribution >= 0.6 is 0 Å². The number of carbonyl (C=O) groups excluding carboxylic acids is 1. The first-order valence-corrected chi connectivity index (χ1v) is 10.8.